The molecule has 28 heavy (non-hydrogen) atoms. The minimum atomic E-state index is 0.0765. The summed E-state index contributed by atoms with van der Waals surface area (Å²) in [4.78, 5) is 24.4. The molecule has 0 aliphatic heterocycles. The Hall–Kier alpha value is -3.74. The number of fused-ring (bicyclic) bond motifs is 2. The predicted octanol–water partition coefficient (Wildman–Crippen LogP) is 2.80. The first kappa shape index (κ1) is 16.4. The van der Waals surface area contributed by atoms with E-state index in [4.69, 9.17) is 10.7 Å². The molecule has 1 aromatic carbocycles. The van der Waals surface area contributed by atoms with E-state index in [0.717, 1.165) is 47.2 Å². The lowest BCUT2D eigenvalue weighted by molar-refractivity contribution is -0.110. The fraction of sp³-hybridized carbons (Fsp3) is 0.143. The number of imidazole rings is 1. The van der Waals surface area contributed by atoms with E-state index in [9.17, 15) is 4.79 Å². The van der Waals surface area contributed by atoms with Gasteiger partial charge in [0.1, 0.15) is 11.3 Å². The highest BCUT2D eigenvalue weighted by atomic mass is 16.1. The van der Waals surface area contributed by atoms with Crippen molar-refractivity contribution in [3.63, 3.8) is 0 Å². The molecule has 0 radical (unpaired) electrons. The molecule has 0 fully saturated rings. The van der Waals surface area contributed by atoms with Gasteiger partial charge in [-0.25, -0.2) is 15.0 Å². The van der Waals surface area contributed by atoms with Gasteiger partial charge in [-0.15, -0.1) is 0 Å². The molecule has 0 bridgehead atoms. The van der Waals surface area contributed by atoms with Gasteiger partial charge in [0.25, 0.3) is 0 Å². The molecule has 4 aromatic rings. The summed E-state index contributed by atoms with van der Waals surface area (Å²) in [5.41, 5.74) is 11.8. The Morgan fingerprint density at radius 1 is 1.14 bits per heavy atom. The molecule has 1 aliphatic rings. The Labute approximate surface area is 161 Å². The van der Waals surface area contributed by atoms with Gasteiger partial charge in [0.05, 0.1) is 11.6 Å². The summed E-state index contributed by atoms with van der Waals surface area (Å²) < 4.78 is 2.02. The number of carbonyl (C=O) groups is 1. The first-order chi connectivity index (χ1) is 13.8. The molecule has 1 amide bonds. The van der Waals surface area contributed by atoms with Crippen molar-refractivity contribution in [1.82, 2.24) is 24.8 Å². The van der Waals surface area contributed by atoms with E-state index in [1.165, 1.54) is 5.56 Å². The van der Waals surface area contributed by atoms with Crippen LogP contribution in [0, 0.1) is 0 Å². The van der Waals surface area contributed by atoms with Gasteiger partial charge in [0.2, 0.25) is 6.41 Å². The van der Waals surface area contributed by atoms with Crippen LogP contribution in [-0.2, 0) is 11.2 Å². The van der Waals surface area contributed by atoms with Crippen LogP contribution in [0.1, 0.15) is 23.6 Å². The Bertz CT molecular complexity index is 1200. The summed E-state index contributed by atoms with van der Waals surface area (Å²) in [5.74, 6) is 1.13. The zero-order valence-electron chi connectivity index (χ0n) is 15.0. The van der Waals surface area contributed by atoms with E-state index in [1.807, 2.05) is 34.9 Å². The third kappa shape index (κ3) is 2.51. The molecule has 1 aliphatic carbocycles. The number of carbonyl (C=O) groups excluding carboxylic acids is 1. The van der Waals surface area contributed by atoms with Gasteiger partial charge in [-0.05, 0) is 60.4 Å². The molecule has 0 spiro atoms. The Morgan fingerprint density at radius 3 is 2.86 bits per heavy atom. The zero-order valence-corrected chi connectivity index (χ0v) is 15.0. The van der Waals surface area contributed by atoms with Gasteiger partial charge in [0.15, 0.2) is 11.5 Å². The van der Waals surface area contributed by atoms with Crippen LogP contribution < -0.4 is 11.1 Å². The van der Waals surface area contributed by atoms with Crippen LogP contribution in [-0.4, -0.2) is 25.9 Å². The average molecular weight is 370 g/mol. The Balaban J connectivity index is 1.72. The average Bonchev–Trinajstić information content (AvgIpc) is 3.29. The van der Waals surface area contributed by atoms with E-state index in [-0.39, 0.29) is 6.04 Å². The van der Waals surface area contributed by atoms with Crippen molar-refractivity contribution in [3.8, 4) is 17.1 Å². The van der Waals surface area contributed by atoms with Crippen molar-refractivity contribution in [2.24, 2.45) is 0 Å². The molecule has 7 nitrogen and oxygen atoms in total. The Morgan fingerprint density at radius 2 is 2.00 bits per heavy atom. The highest BCUT2D eigenvalue weighted by molar-refractivity contribution is 5.82. The highest BCUT2D eigenvalue weighted by Gasteiger charge is 2.24. The maximum atomic E-state index is 10.9. The smallest absolute Gasteiger partial charge is 0.207 e. The van der Waals surface area contributed by atoms with Crippen molar-refractivity contribution in [2.75, 3.05) is 5.73 Å². The number of nitrogens with two attached hydrogens (primary N) is 1. The zero-order chi connectivity index (χ0) is 19.1. The van der Waals surface area contributed by atoms with Crippen molar-refractivity contribution in [1.29, 1.82) is 0 Å². The number of nitrogen functional groups attached to an aromatic ring is 1. The summed E-state index contributed by atoms with van der Waals surface area (Å²) >= 11 is 0. The summed E-state index contributed by atoms with van der Waals surface area (Å²) in [7, 11) is 0. The number of aryl methyl sites for hydroxylation is 1. The highest BCUT2D eigenvalue weighted by Crippen LogP contribution is 2.35. The number of benzene rings is 1. The van der Waals surface area contributed by atoms with Crippen LogP contribution in [0.3, 0.4) is 0 Å². The van der Waals surface area contributed by atoms with Crippen LogP contribution in [0.2, 0.25) is 0 Å². The first-order valence-corrected chi connectivity index (χ1v) is 9.13. The molecule has 3 heterocycles. The number of anilines is 1. The third-order valence-electron chi connectivity index (χ3n) is 5.23. The number of pyridine rings is 2. The quantitative estimate of drug-likeness (QED) is 0.538. The van der Waals surface area contributed by atoms with Crippen LogP contribution >= 0.6 is 0 Å². The largest absolute Gasteiger partial charge is 0.383 e. The van der Waals surface area contributed by atoms with E-state index in [0.29, 0.717) is 11.6 Å². The predicted molar refractivity (Wildman–Crippen MR) is 107 cm³/mol. The van der Waals surface area contributed by atoms with Crippen molar-refractivity contribution < 1.29 is 4.79 Å². The van der Waals surface area contributed by atoms with E-state index in [1.54, 1.807) is 12.4 Å². The maximum Gasteiger partial charge on any atom is 0.207 e. The number of hydrogen-bond acceptors (Lipinski definition) is 5. The van der Waals surface area contributed by atoms with E-state index >= 15 is 0 Å². The lowest BCUT2D eigenvalue weighted by atomic mass is 10.1. The molecule has 0 saturated carbocycles. The third-order valence-corrected chi connectivity index (χ3v) is 5.23. The number of hydrogen-bond donors (Lipinski definition) is 2. The van der Waals surface area contributed by atoms with Crippen LogP contribution in [0.25, 0.3) is 28.2 Å². The number of nitrogens with one attached hydrogen (secondary N) is 1. The van der Waals surface area contributed by atoms with Gasteiger partial charge < -0.3 is 11.1 Å². The monoisotopic (exact) mass is 370 g/mol. The summed E-state index contributed by atoms with van der Waals surface area (Å²) in [6.45, 7) is 0. The summed E-state index contributed by atoms with van der Waals surface area (Å²) in [5, 5.41) is 2.89. The fourth-order valence-electron chi connectivity index (χ4n) is 3.94. The second-order valence-corrected chi connectivity index (χ2v) is 6.81. The molecule has 0 saturated heterocycles. The Kier molecular flexibility index (Phi) is 3.79. The van der Waals surface area contributed by atoms with Crippen molar-refractivity contribution >= 4 is 23.4 Å². The summed E-state index contributed by atoms with van der Waals surface area (Å²) in [6.07, 6.45) is 6.01. The lowest BCUT2D eigenvalue weighted by Crippen LogP contribution is -2.16. The standard InChI is InChI=1S/C21H18N6O/c22-19-16(3-1-9-23-19)20-26-18-4-2-10-24-21(18)27(20)14-6-7-15-13(11-14)5-8-17(15)25-12-28/h1-4,6-7,9-12,17H,5,8H2,(H2,22,23)(H,25,28). The van der Waals surface area contributed by atoms with Crippen LogP contribution in [0.15, 0.2) is 54.9 Å². The first-order valence-electron chi connectivity index (χ1n) is 9.13. The van der Waals surface area contributed by atoms with Crippen molar-refractivity contribution in [3.05, 3.63) is 66.0 Å². The van der Waals surface area contributed by atoms with Gasteiger partial charge in [-0.3, -0.25) is 9.36 Å². The molecule has 3 aromatic heterocycles. The normalized spacial score (nSPS) is 15.5. The number of aromatic nitrogens is 4. The number of nitrogens with zero attached hydrogens (tertiary/aromatic N) is 4. The van der Waals surface area contributed by atoms with E-state index < -0.39 is 0 Å². The lowest BCUT2D eigenvalue weighted by Gasteiger charge is -2.13. The second-order valence-electron chi connectivity index (χ2n) is 6.81. The molecular weight excluding hydrogens is 352 g/mol. The van der Waals surface area contributed by atoms with Gasteiger partial charge in [-0.2, -0.15) is 0 Å². The molecule has 138 valence electrons. The van der Waals surface area contributed by atoms with Crippen molar-refractivity contribution in [2.45, 2.75) is 18.9 Å². The number of amides is 1. The second kappa shape index (κ2) is 6.45. The molecule has 1 atom stereocenters. The van der Waals surface area contributed by atoms with Gasteiger partial charge >= 0.3 is 0 Å². The van der Waals surface area contributed by atoms with E-state index in [2.05, 4.69) is 27.4 Å². The fourth-order valence-corrected chi connectivity index (χ4v) is 3.94. The molecule has 1 unspecified atom stereocenters. The number of rotatable bonds is 4. The maximum absolute atomic E-state index is 10.9. The minimum Gasteiger partial charge on any atom is -0.383 e. The summed E-state index contributed by atoms with van der Waals surface area (Å²) in [6, 6.07) is 13.9. The SMILES string of the molecule is Nc1ncccc1-c1nc2cccnc2n1-c1ccc2c(c1)CCC2NC=O. The molecule has 5 rings (SSSR count). The molecular formula is C21H18N6O. The van der Waals surface area contributed by atoms with Gasteiger partial charge in [-0.1, -0.05) is 6.07 Å². The van der Waals surface area contributed by atoms with Crippen LogP contribution in [0.4, 0.5) is 5.82 Å². The molecule has 7 heteroatoms. The topological polar surface area (TPSA) is 98.7 Å². The molecule has 3 N–H and O–H groups in total. The van der Waals surface area contributed by atoms with Crippen LogP contribution in [0.5, 0.6) is 0 Å². The van der Waals surface area contributed by atoms with Gasteiger partial charge in [0, 0.05) is 18.1 Å². The minimum absolute atomic E-state index is 0.0765.